The van der Waals surface area contributed by atoms with Gasteiger partial charge in [-0.3, -0.25) is 0 Å². The van der Waals surface area contributed by atoms with E-state index in [1.807, 2.05) is 13.0 Å². The first-order valence-corrected chi connectivity index (χ1v) is 5.78. The molecule has 0 spiro atoms. The summed E-state index contributed by atoms with van der Waals surface area (Å²) in [5, 5.41) is 3.41. The minimum absolute atomic E-state index is 0.114. The number of hydrogen-bond donors (Lipinski definition) is 1. The van der Waals surface area contributed by atoms with Crippen LogP contribution >= 0.6 is 27.3 Å². The fourth-order valence-corrected chi connectivity index (χ4v) is 3.12. The highest BCUT2D eigenvalue weighted by atomic mass is 79.9. The Morgan fingerprint density at radius 2 is 2.23 bits per heavy atom. The molecule has 1 atom stereocenters. The van der Waals surface area contributed by atoms with E-state index in [9.17, 15) is 0 Å². The van der Waals surface area contributed by atoms with E-state index in [0.717, 1.165) is 4.47 Å². The normalized spacial score (nSPS) is 13.5. The van der Waals surface area contributed by atoms with Gasteiger partial charge in [0.05, 0.1) is 0 Å². The average molecular weight is 256 g/mol. The molecule has 0 radical (unpaired) electrons. The topological polar surface area (TPSA) is 26.0 Å². The SMILES string of the molecule is CC(N)c1csc2c(Br)cccc12. The van der Waals surface area contributed by atoms with E-state index >= 15 is 0 Å². The number of benzene rings is 1. The number of fused-ring (bicyclic) bond motifs is 1. The van der Waals surface area contributed by atoms with E-state index in [1.54, 1.807) is 11.3 Å². The van der Waals surface area contributed by atoms with Crippen molar-refractivity contribution in [2.45, 2.75) is 13.0 Å². The molecule has 68 valence electrons. The van der Waals surface area contributed by atoms with Crippen LogP contribution in [0.15, 0.2) is 28.1 Å². The van der Waals surface area contributed by atoms with Crippen LogP contribution in [0.2, 0.25) is 0 Å². The molecular formula is C10H10BrNS. The maximum atomic E-state index is 5.87. The Balaban J connectivity index is 2.75. The summed E-state index contributed by atoms with van der Waals surface area (Å²) >= 11 is 5.27. The predicted molar refractivity (Wildman–Crippen MR) is 62.1 cm³/mol. The van der Waals surface area contributed by atoms with Gasteiger partial charge in [-0.05, 0) is 45.2 Å². The lowest BCUT2D eigenvalue weighted by molar-refractivity contribution is 0.830. The maximum Gasteiger partial charge on any atom is 0.0488 e. The average Bonchev–Trinajstić information content (AvgIpc) is 2.48. The Morgan fingerprint density at radius 3 is 2.92 bits per heavy atom. The van der Waals surface area contributed by atoms with Crippen molar-refractivity contribution in [3.8, 4) is 0 Å². The zero-order valence-corrected chi connectivity index (χ0v) is 9.65. The second-order valence-corrected chi connectivity index (χ2v) is 4.83. The van der Waals surface area contributed by atoms with Gasteiger partial charge in [0, 0.05) is 15.2 Å². The molecule has 2 rings (SSSR count). The number of thiophene rings is 1. The molecule has 0 aliphatic heterocycles. The zero-order chi connectivity index (χ0) is 9.42. The Labute approximate surface area is 89.7 Å². The van der Waals surface area contributed by atoms with Crippen molar-refractivity contribution in [1.82, 2.24) is 0 Å². The van der Waals surface area contributed by atoms with Crippen molar-refractivity contribution in [2.75, 3.05) is 0 Å². The van der Waals surface area contributed by atoms with Crippen molar-refractivity contribution in [2.24, 2.45) is 5.73 Å². The van der Waals surface area contributed by atoms with E-state index in [4.69, 9.17) is 5.73 Å². The maximum absolute atomic E-state index is 5.87. The molecule has 0 saturated heterocycles. The molecule has 1 nitrogen and oxygen atoms in total. The van der Waals surface area contributed by atoms with Gasteiger partial charge < -0.3 is 5.73 Å². The molecule has 2 N–H and O–H groups in total. The van der Waals surface area contributed by atoms with E-state index in [-0.39, 0.29) is 6.04 Å². The smallest absolute Gasteiger partial charge is 0.0488 e. The minimum Gasteiger partial charge on any atom is -0.324 e. The quantitative estimate of drug-likeness (QED) is 0.827. The Bertz CT molecular complexity index is 433. The van der Waals surface area contributed by atoms with Crippen LogP contribution in [0, 0.1) is 0 Å². The Kier molecular flexibility index (Phi) is 2.41. The van der Waals surface area contributed by atoms with Crippen LogP contribution in [0.3, 0.4) is 0 Å². The van der Waals surface area contributed by atoms with Crippen molar-refractivity contribution in [1.29, 1.82) is 0 Å². The first-order valence-electron chi connectivity index (χ1n) is 4.11. The molecule has 3 heteroatoms. The zero-order valence-electron chi connectivity index (χ0n) is 7.25. The third-order valence-corrected chi connectivity index (χ3v) is 4.04. The molecule has 0 bridgehead atoms. The van der Waals surface area contributed by atoms with Crippen molar-refractivity contribution >= 4 is 37.4 Å². The van der Waals surface area contributed by atoms with E-state index < -0.39 is 0 Å². The molecule has 0 saturated carbocycles. The van der Waals surface area contributed by atoms with Gasteiger partial charge in [-0.1, -0.05) is 12.1 Å². The van der Waals surface area contributed by atoms with Crippen LogP contribution in [0.1, 0.15) is 18.5 Å². The largest absolute Gasteiger partial charge is 0.324 e. The first kappa shape index (κ1) is 9.19. The fourth-order valence-electron chi connectivity index (χ4n) is 1.39. The molecule has 0 aliphatic carbocycles. The van der Waals surface area contributed by atoms with Crippen LogP contribution < -0.4 is 5.73 Å². The van der Waals surface area contributed by atoms with Gasteiger partial charge in [0.1, 0.15) is 0 Å². The third-order valence-electron chi connectivity index (χ3n) is 2.07. The third kappa shape index (κ3) is 1.52. The highest BCUT2D eigenvalue weighted by Gasteiger charge is 2.08. The lowest BCUT2D eigenvalue weighted by Gasteiger charge is -2.02. The molecule has 1 aromatic carbocycles. The molecule has 1 heterocycles. The predicted octanol–water partition coefficient (Wildman–Crippen LogP) is 3.68. The van der Waals surface area contributed by atoms with Crippen LogP contribution in [0.5, 0.6) is 0 Å². The summed E-state index contributed by atoms with van der Waals surface area (Å²) in [4.78, 5) is 0. The summed E-state index contributed by atoms with van der Waals surface area (Å²) in [7, 11) is 0. The number of nitrogens with two attached hydrogens (primary N) is 1. The molecule has 1 aromatic heterocycles. The van der Waals surface area contributed by atoms with Crippen LogP contribution in [0.25, 0.3) is 10.1 Å². The van der Waals surface area contributed by atoms with Crippen LogP contribution in [-0.2, 0) is 0 Å². The molecule has 0 aliphatic rings. The summed E-state index contributed by atoms with van der Waals surface area (Å²) in [6.07, 6.45) is 0. The van der Waals surface area contributed by atoms with Gasteiger partial charge >= 0.3 is 0 Å². The van der Waals surface area contributed by atoms with E-state index in [0.29, 0.717) is 0 Å². The lowest BCUT2D eigenvalue weighted by Crippen LogP contribution is -2.03. The molecule has 2 aromatic rings. The van der Waals surface area contributed by atoms with E-state index in [2.05, 4.69) is 33.4 Å². The minimum atomic E-state index is 0.114. The fraction of sp³-hybridized carbons (Fsp3) is 0.200. The number of rotatable bonds is 1. The summed E-state index contributed by atoms with van der Waals surface area (Å²) in [5.41, 5.74) is 7.10. The molecule has 13 heavy (non-hydrogen) atoms. The van der Waals surface area contributed by atoms with Crippen molar-refractivity contribution in [3.05, 3.63) is 33.6 Å². The monoisotopic (exact) mass is 255 g/mol. The van der Waals surface area contributed by atoms with Gasteiger partial charge in [-0.15, -0.1) is 11.3 Å². The second-order valence-electron chi connectivity index (χ2n) is 3.10. The standard InChI is InChI=1S/C10H10BrNS/c1-6(12)8-5-13-10-7(8)3-2-4-9(10)11/h2-6H,12H2,1H3. The summed E-state index contributed by atoms with van der Waals surface area (Å²) in [6, 6.07) is 6.34. The Morgan fingerprint density at radius 1 is 1.46 bits per heavy atom. The summed E-state index contributed by atoms with van der Waals surface area (Å²) < 4.78 is 2.44. The van der Waals surface area contributed by atoms with Gasteiger partial charge in [0.25, 0.3) is 0 Å². The molecular weight excluding hydrogens is 246 g/mol. The lowest BCUT2D eigenvalue weighted by atomic mass is 10.1. The number of hydrogen-bond acceptors (Lipinski definition) is 2. The Hall–Kier alpha value is -0.380. The molecule has 0 amide bonds. The first-order chi connectivity index (χ1) is 6.20. The van der Waals surface area contributed by atoms with Crippen molar-refractivity contribution < 1.29 is 0 Å². The summed E-state index contributed by atoms with van der Waals surface area (Å²) in [6.45, 7) is 2.02. The van der Waals surface area contributed by atoms with Crippen LogP contribution in [-0.4, -0.2) is 0 Å². The van der Waals surface area contributed by atoms with E-state index in [1.165, 1.54) is 15.6 Å². The van der Waals surface area contributed by atoms with Crippen molar-refractivity contribution in [3.63, 3.8) is 0 Å². The van der Waals surface area contributed by atoms with Gasteiger partial charge in [0.2, 0.25) is 0 Å². The van der Waals surface area contributed by atoms with Gasteiger partial charge in [-0.25, -0.2) is 0 Å². The number of halogens is 1. The van der Waals surface area contributed by atoms with Crippen LogP contribution in [0.4, 0.5) is 0 Å². The molecule has 1 unspecified atom stereocenters. The highest BCUT2D eigenvalue weighted by molar-refractivity contribution is 9.10. The highest BCUT2D eigenvalue weighted by Crippen LogP contribution is 2.34. The van der Waals surface area contributed by atoms with Gasteiger partial charge in [-0.2, -0.15) is 0 Å². The van der Waals surface area contributed by atoms with Gasteiger partial charge in [0.15, 0.2) is 0 Å². The summed E-state index contributed by atoms with van der Waals surface area (Å²) in [5.74, 6) is 0. The second kappa shape index (κ2) is 3.40. The molecule has 0 fully saturated rings.